The smallest absolute Gasteiger partial charge is 0.242 e. The van der Waals surface area contributed by atoms with Crippen LogP contribution >= 0.6 is 27.5 Å². The monoisotopic (exact) mass is 402 g/mol. The van der Waals surface area contributed by atoms with E-state index in [-0.39, 0.29) is 21.1 Å². The number of nitrogens with zero attached hydrogens (tertiary/aromatic N) is 1. The van der Waals surface area contributed by atoms with Crippen LogP contribution in [-0.4, -0.2) is 33.8 Å². The molecule has 0 bridgehead atoms. The molecule has 0 atom stereocenters. The highest BCUT2D eigenvalue weighted by Gasteiger charge is 2.28. The maximum Gasteiger partial charge on any atom is 0.242 e. The molecule has 1 aromatic rings. The zero-order valence-electron chi connectivity index (χ0n) is 10.2. The van der Waals surface area contributed by atoms with Gasteiger partial charge in [-0.15, -0.1) is 0 Å². The van der Waals surface area contributed by atoms with E-state index in [0.29, 0.717) is 18.7 Å². The highest BCUT2D eigenvalue weighted by atomic mass is 79.9. The van der Waals surface area contributed by atoms with Crippen LogP contribution in [0.15, 0.2) is 18.2 Å². The van der Waals surface area contributed by atoms with Crippen LogP contribution in [0.2, 0.25) is 5.02 Å². The molecule has 1 aromatic carbocycles. The van der Waals surface area contributed by atoms with E-state index in [1.807, 2.05) is 0 Å². The normalized spacial score (nSPS) is 18.2. The second-order valence-corrected chi connectivity index (χ2v) is 9.68. The molecule has 1 saturated heterocycles. The molecule has 112 valence electrons. The van der Waals surface area contributed by atoms with Crippen molar-refractivity contribution in [2.75, 3.05) is 26.0 Å². The molecule has 0 unspecified atom stereocenters. The minimum absolute atomic E-state index is 0.114. The van der Waals surface area contributed by atoms with E-state index in [2.05, 4.69) is 20.7 Å². The summed E-state index contributed by atoms with van der Waals surface area (Å²) in [4.78, 5) is 0. The summed E-state index contributed by atoms with van der Waals surface area (Å²) in [5.41, 5.74) is 0.653. The van der Waals surface area contributed by atoms with Crippen LogP contribution in [0.25, 0.3) is 0 Å². The third-order valence-electron chi connectivity index (χ3n) is 2.75. The average Bonchev–Trinajstić information content (AvgIpc) is 2.71. The van der Waals surface area contributed by atoms with E-state index in [0.717, 1.165) is 0 Å². The quantitative estimate of drug-likeness (QED) is 0.779. The lowest BCUT2D eigenvalue weighted by Gasteiger charge is -2.18. The molecule has 1 heterocycles. The van der Waals surface area contributed by atoms with E-state index in [9.17, 15) is 16.8 Å². The molecule has 0 aliphatic carbocycles. The van der Waals surface area contributed by atoms with Crippen molar-refractivity contribution < 1.29 is 16.8 Å². The molecule has 1 N–H and O–H groups in total. The number of halogens is 2. The Morgan fingerprint density at radius 3 is 2.60 bits per heavy atom. The minimum atomic E-state index is -3.50. The van der Waals surface area contributed by atoms with Gasteiger partial charge in [0, 0.05) is 6.54 Å². The topological polar surface area (TPSA) is 83.6 Å². The van der Waals surface area contributed by atoms with Crippen molar-refractivity contribution in [1.29, 1.82) is 0 Å². The lowest BCUT2D eigenvalue weighted by Crippen LogP contribution is -2.25. The molecule has 10 heteroatoms. The molecule has 2 rings (SSSR count). The Balaban J connectivity index is 2.31. The van der Waals surface area contributed by atoms with Gasteiger partial charge in [0.2, 0.25) is 20.0 Å². The van der Waals surface area contributed by atoms with Crippen LogP contribution in [0.5, 0.6) is 0 Å². The fraction of sp³-hybridized carbons (Fsp3) is 0.400. The highest BCUT2D eigenvalue weighted by molar-refractivity contribution is 9.10. The lowest BCUT2D eigenvalue weighted by molar-refractivity contribution is 0.599. The number of rotatable bonds is 4. The van der Waals surface area contributed by atoms with Gasteiger partial charge in [0.15, 0.2) is 0 Å². The van der Waals surface area contributed by atoms with Crippen molar-refractivity contribution in [2.24, 2.45) is 0 Å². The molecule has 0 aromatic heterocycles. The molecule has 0 spiro atoms. The zero-order chi connectivity index (χ0) is 15.0. The maximum atomic E-state index is 11.8. The van der Waals surface area contributed by atoms with Gasteiger partial charge in [-0.05, 0) is 24.6 Å². The van der Waals surface area contributed by atoms with Crippen molar-refractivity contribution in [3.63, 3.8) is 0 Å². The lowest BCUT2D eigenvalue weighted by atomic mass is 10.3. The Bertz CT molecular complexity index is 721. The second-order valence-electron chi connectivity index (χ2n) is 4.23. The van der Waals surface area contributed by atoms with E-state index < -0.39 is 20.0 Å². The number of alkyl halides is 1. The van der Waals surface area contributed by atoms with Gasteiger partial charge < -0.3 is 0 Å². The number of anilines is 2. The number of nitrogens with one attached hydrogen (secondary N) is 1. The van der Waals surface area contributed by atoms with Crippen molar-refractivity contribution in [3.8, 4) is 0 Å². The molecule has 1 fully saturated rings. The van der Waals surface area contributed by atoms with Crippen LogP contribution < -0.4 is 9.03 Å². The fourth-order valence-corrected chi connectivity index (χ4v) is 4.61. The summed E-state index contributed by atoms with van der Waals surface area (Å²) in [6, 6.07) is 4.42. The standard InChI is InChI=1S/C10H12BrClN2O4S2/c11-7-19(15,16)13-10-3-2-8(6-9(10)12)14-4-1-5-20(14,17)18/h2-3,6,13H,1,4-5,7H2. The van der Waals surface area contributed by atoms with Crippen LogP contribution in [0.1, 0.15) is 6.42 Å². The Morgan fingerprint density at radius 2 is 2.10 bits per heavy atom. The largest absolute Gasteiger partial charge is 0.281 e. The first-order valence-electron chi connectivity index (χ1n) is 5.61. The van der Waals surface area contributed by atoms with Crippen LogP contribution in [0.3, 0.4) is 0 Å². The first-order chi connectivity index (χ1) is 9.25. The van der Waals surface area contributed by atoms with Crippen molar-refractivity contribution in [1.82, 2.24) is 0 Å². The summed E-state index contributed by atoms with van der Waals surface area (Å²) in [6.07, 6.45) is 0.567. The van der Waals surface area contributed by atoms with Crippen molar-refractivity contribution in [3.05, 3.63) is 23.2 Å². The number of benzene rings is 1. The number of sulfonamides is 2. The van der Waals surface area contributed by atoms with Crippen LogP contribution in [0.4, 0.5) is 11.4 Å². The Kier molecular flexibility index (Phi) is 4.53. The second kappa shape index (κ2) is 5.70. The van der Waals surface area contributed by atoms with Gasteiger partial charge in [0.05, 0.1) is 22.2 Å². The number of hydrogen-bond donors (Lipinski definition) is 1. The summed E-state index contributed by atoms with van der Waals surface area (Å²) in [5.74, 6) is 0.114. The van der Waals surface area contributed by atoms with Crippen molar-refractivity contribution in [2.45, 2.75) is 6.42 Å². The molecule has 6 nitrogen and oxygen atoms in total. The van der Waals surface area contributed by atoms with E-state index in [1.165, 1.54) is 22.5 Å². The Morgan fingerprint density at radius 1 is 1.40 bits per heavy atom. The molecule has 1 aliphatic heterocycles. The van der Waals surface area contributed by atoms with Gasteiger partial charge in [0.25, 0.3) is 0 Å². The summed E-state index contributed by atoms with van der Waals surface area (Å²) < 4.78 is 49.8. The van der Waals surface area contributed by atoms with Gasteiger partial charge in [0.1, 0.15) is 4.66 Å². The third-order valence-corrected chi connectivity index (χ3v) is 7.56. The summed E-state index contributed by atoms with van der Waals surface area (Å²) >= 11 is 8.86. The van der Waals surface area contributed by atoms with Gasteiger partial charge in [-0.2, -0.15) is 0 Å². The molecular weight excluding hydrogens is 392 g/mol. The number of hydrogen-bond acceptors (Lipinski definition) is 4. The van der Waals surface area contributed by atoms with Gasteiger partial charge >= 0.3 is 0 Å². The molecule has 20 heavy (non-hydrogen) atoms. The highest BCUT2D eigenvalue weighted by Crippen LogP contribution is 2.31. The van der Waals surface area contributed by atoms with Gasteiger partial charge in [-0.25, -0.2) is 16.8 Å². The van der Waals surface area contributed by atoms with E-state index in [1.54, 1.807) is 0 Å². The average molecular weight is 404 g/mol. The predicted octanol–water partition coefficient (Wildman–Crippen LogP) is 1.97. The summed E-state index contributed by atoms with van der Waals surface area (Å²) in [7, 11) is -6.78. The summed E-state index contributed by atoms with van der Waals surface area (Å²) in [6.45, 7) is 0.408. The SMILES string of the molecule is O=S(=O)(CBr)Nc1ccc(N2CCCS2(=O)=O)cc1Cl. The van der Waals surface area contributed by atoms with Gasteiger partial charge in [-0.1, -0.05) is 27.5 Å². The molecule has 0 amide bonds. The molecule has 0 radical (unpaired) electrons. The zero-order valence-corrected chi connectivity index (χ0v) is 14.2. The third kappa shape index (κ3) is 3.38. The minimum Gasteiger partial charge on any atom is -0.281 e. The van der Waals surface area contributed by atoms with E-state index >= 15 is 0 Å². The predicted molar refractivity (Wildman–Crippen MR) is 83.5 cm³/mol. The maximum absolute atomic E-state index is 11.8. The Hall–Kier alpha value is -0.510. The van der Waals surface area contributed by atoms with E-state index in [4.69, 9.17) is 11.6 Å². The summed E-state index contributed by atoms with van der Waals surface area (Å²) in [5, 5.41) is 0.147. The fourth-order valence-electron chi connectivity index (χ4n) is 1.87. The van der Waals surface area contributed by atoms with Crippen LogP contribution in [-0.2, 0) is 20.0 Å². The first-order valence-corrected chi connectivity index (χ1v) is 10.4. The Labute approximate surface area is 131 Å². The molecular formula is C10H12BrClN2O4S2. The van der Waals surface area contributed by atoms with Crippen LogP contribution in [0, 0.1) is 0 Å². The molecule has 0 saturated carbocycles. The van der Waals surface area contributed by atoms with Crippen molar-refractivity contribution >= 4 is 59.0 Å². The van der Waals surface area contributed by atoms with Gasteiger partial charge in [-0.3, -0.25) is 9.03 Å². The first kappa shape index (κ1) is 15.9. The molecule has 1 aliphatic rings.